The molecule has 28 heavy (non-hydrogen) atoms. The third-order valence-corrected chi connectivity index (χ3v) is 6.91. The summed E-state index contributed by atoms with van der Waals surface area (Å²) in [6.07, 6.45) is 2.33. The van der Waals surface area contributed by atoms with E-state index in [1.54, 1.807) is 0 Å². The lowest BCUT2D eigenvalue weighted by Gasteiger charge is -2.32. The van der Waals surface area contributed by atoms with Crippen LogP contribution in [0.1, 0.15) is 24.8 Å². The number of benzene rings is 2. The molecule has 150 valence electrons. The molecule has 1 N–H and O–H groups in total. The summed E-state index contributed by atoms with van der Waals surface area (Å²) < 4.78 is 40.3. The normalized spacial score (nSPS) is 18.0. The summed E-state index contributed by atoms with van der Waals surface area (Å²) in [4.78, 5) is 12.2. The Morgan fingerprint density at radius 1 is 1.21 bits per heavy atom. The Morgan fingerprint density at radius 3 is 2.68 bits per heavy atom. The molecule has 8 heteroatoms. The molecule has 0 spiro atoms. The largest absolute Gasteiger partial charge is 0.352 e. The molecule has 3 rings (SSSR count). The molecule has 5 nitrogen and oxygen atoms in total. The molecule has 1 atom stereocenters. The summed E-state index contributed by atoms with van der Waals surface area (Å²) in [6.45, 7) is 0.544. The molecule has 0 radical (unpaired) electrons. The number of nitrogens with zero attached hydrogens (tertiary/aromatic N) is 1. The minimum atomic E-state index is -3.79. The van der Waals surface area contributed by atoms with Crippen LogP contribution >= 0.6 is 11.6 Å². The van der Waals surface area contributed by atoms with Crippen molar-refractivity contribution in [2.75, 3.05) is 13.1 Å². The van der Waals surface area contributed by atoms with Gasteiger partial charge in [-0.25, -0.2) is 12.8 Å². The van der Waals surface area contributed by atoms with Crippen molar-refractivity contribution in [1.82, 2.24) is 9.62 Å². The average molecular weight is 425 g/mol. The summed E-state index contributed by atoms with van der Waals surface area (Å²) >= 11 is 5.73. The van der Waals surface area contributed by atoms with Crippen LogP contribution in [0.3, 0.4) is 0 Å². The molecule has 2 aromatic rings. The van der Waals surface area contributed by atoms with Gasteiger partial charge >= 0.3 is 0 Å². The number of nitrogens with one attached hydrogen (secondary N) is 1. The van der Waals surface area contributed by atoms with E-state index in [0.717, 1.165) is 17.7 Å². The van der Waals surface area contributed by atoms with Crippen LogP contribution in [0.25, 0.3) is 0 Å². The van der Waals surface area contributed by atoms with Crippen molar-refractivity contribution in [2.45, 2.75) is 36.6 Å². The monoisotopic (exact) mass is 424 g/mol. The molecule has 1 aliphatic heterocycles. The van der Waals surface area contributed by atoms with Crippen molar-refractivity contribution >= 4 is 27.5 Å². The fraction of sp³-hybridized carbons (Fsp3) is 0.350. The Balaban J connectivity index is 1.60. The molecule has 1 aliphatic rings. The standard InChI is InChI=1S/C20H22ClFN2O3S/c21-18-13-17(9-10-19(18)22)28(26,27)24-12-4-7-16(14-24)23-20(25)11-8-15-5-2-1-3-6-15/h1-3,5-6,9-10,13,16H,4,7-8,11-12,14H2,(H,23,25). The van der Waals surface area contributed by atoms with Gasteiger partial charge < -0.3 is 5.32 Å². The van der Waals surface area contributed by atoms with E-state index in [-0.39, 0.29) is 28.4 Å². The lowest BCUT2D eigenvalue weighted by molar-refractivity contribution is -0.122. The number of carbonyl (C=O) groups is 1. The Kier molecular flexibility index (Phi) is 6.69. The fourth-order valence-electron chi connectivity index (χ4n) is 3.27. The van der Waals surface area contributed by atoms with Crippen LogP contribution in [0, 0.1) is 5.82 Å². The zero-order valence-corrected chi connectivity index (χ0v) is 16.8. The van der Waals surface area contributed by atoms with Crippen molar-refractivity contribution in [2.24, 2.45) is 0 Å². The van der Waals surface area contributed by atoms with Crippen molar-refractivity contribution in [1.29, 1.82) is 0 Å². The summed E-state index contributed by atoms with van der Waals surface area (Å²) in [6, 6.07) is 12.8. The van der Waals surface area contributed by atoms with E-state index < -0.39 is 15.8 Å². The molecule has 1 unspecified atom stereocenters. The maximum atomic E-state index is 13.3. The molecule has 0 bridgehead atoms. The number of halogens is 2. The van der Waals surface area contributed by atoms with Gasteiger partial charge in [0.1, 0.15) is 5.82 Å². The SMILES string of the molecule is O=C(CCc1ccccc1)NC1CCCN(S(=O)(=O)c2ccc(F)c(Cl)c2)C1. The molecule has 0 saturated carbocycles. The minimum Gasteiger partial charge on any atom is -0.352 e. The molecule has 0 aromatic heterocycles. The highest BCUT2D eigenvalue weighted by molar-refractivity contribution is 7.89. The van der Waals surface area contributed by atoms with Crippen LogP contribution in [-0.2, 0) is 21.2 Å². The number of carbonyl (C=O) groups excluding carboxylic acids is 1. The first-order chi connectivity index (χ1) is 13.4. The number of hydrogen-bond donors (Lipinski definition) is 1. The zero-order valence-electron chi connectivity index (χ0n) is 15.3. The second kappa shape index (κ2) is 9.03. The van der Waals surface area contributed by atoms with E-state index in [1.165, 1.54) is 10.4 Å². The maximum absolute atomic E-state index is 13.3. The lowest BCUT2D eigenvalue weighted by Crippen LogP contribution is -2.49. The molecule has 1 amide bonds. The van der Waals surface area contributed by atoms with Gasteiger partial charge in [0.2, 0.25) is 15.9 Å². The van der Waals surface area contributed by atoms with Crippen LogP contribution in [0.15, 0.2) is 53.4 Å². The molecular formula is C20H22ClFN2O3S. The van der Waals surface area contributed by atoms with E-state index in [4.69, 9.17) is 11.6 Å². The molecule has 2 aromatic carbocycles. The summed E-state index contributed by atoms with van der Waals surface area (Å²) in [5.41, 5.74) is 1.08. The smallest absolute Gasteiger partial charge is 0.243 e. The quantitative estimate of drug-likeness (QED) is 0.773. The van der Waals surface area contributed by atoms with Crippen LogP contribution in [-0.4, -0.2) is 37.8 Å². The Labute approximate surface area is 169 Å². The van der Waals surface area contributed by atoms with Crippen molar-refractivity contribution in [3.05, 3.63) is 64.9 Å². The predicted octanol–water partition coefficient (Wildman–Crippen LogP) is 3.38. The first kappa shape index (κ1) is 20.8. The van der Waals surface area contributed by atoms with Gasteiger partial charge in [-0.1, -0.05) is 41.9 Å². The number of hydrogen-bond acceptors (Lipinski definition) is 3. The molecular weight excluding hydrogens is 403 g/mol. The van der Waals surface area contributed by atoms with E-state index in [2.05, 4.69) is 5.32 Å². The van der Waals surface area contributed by atoms with E-state index in [0.29, 0.717) is 32.2 Å². The molecule has 1 saturated heterocycles. The summed E-state index contributed by atoms with van der Waals surface area (Å²) in [5, 5.41) is 2.70. The van der Waals surface area contributed by atoms with E-state index in [9.17, 15) is 17.6 Å². The predicted molar refractivity (Wildman–Crippen MR) is 106 cm³/mol. The Hall–Kier alpha value is -1.96. The van der Waals surface area contributed by atoms with Gasteiger partial charge in [0.25, 0.3) is 0 Å². The van der Waals surface area contributed by atoms with Gasteiger partial charge in [-0.3, -0.25) is 4.79 Å². The van der Waals surface area contributed by atoms with Crippen molar-refractivity contribution < 1.29 is 17.6 Å². The molecule has 1 heterocycles. The van der Waals surface area contributed by atoms with Gasteiger partial charge in [-0.05, 0) is 43.0 Å². The van der Waals surface area contributed by atoms with E-state index in [1.807, 2.05) is 30.3 Å². The molecule has 1 fully saturated rings. The van der Waals surface area contributed by atoms with Crippen LogP contribution in [0.4, 0.5) is 4.39 Å². The summed E-state index contributed by atoms with van der Waals surface area (Å²) in [7, 11) is -3.79. The Bertz CT molecular complexity index is 938. The van der Waals surface area contributed by atoms with Crippen molar-refractivity contribution in [3.8, 4) is 0 Å². The molecule has 0 aliphatic carbocycles. The number of amides is 1. The third kappa shape index (κ3) is 5.10. The number of rotatable bonds is 6. The first-order valence-electron chi connectivity index (χ1n) is 9.15. The van der Waals surface area contributed by atoms with Gasteiger partial charge in [-0.2, -0.15) is 4.31 Å². The van der Waals surface area contributed by atoms with Gasteiger partial charge in [0.05, 0.1) is 9.92 Å². The second-order valence-electron chi connectivity index (χ2n) is 6.83. The maximum Gasteiger partial charge on any atom is 0.243 e. The van der Waals surface area contributed by atoms with Crippen LogP contribution in [0.5, 0.6) is 0 Å². The first-order valence-corrected chi connectivity index (χ1v) is 11.0. The highest BCUT2D eigenvalue weighted by Crippen LogP contribution is 2.24. The third-order valence-electron chi connectivity index (χ3n) is 4.76. The zero-order chi connectivity index (χ0) is 20.1. The van der Waals surface area contributed by atoms with Crippen LogP contribution in [0.2, 0.25) is 5.02 Å². The number of aryl methyl sites for hydroxylation is 1. The van der Waals surface area contributed by atoms with Gasteiger partial charge in [-0.15, -0.1) is 0 Å². The topological polar surface area (TPSA) is 66.5 Å². The number of sulfonamides is 1. The van der Waals surface area contributed by atoms with Crippen molar-refractivity contribution in [3.63, 3.8) is 0 Å². The highest BCUT2D eigenvalue weighted by atomic mass is 35.5. The summed E-state index contributed by atoms with van der Waals surface area (Å²) in [5.74, 6) is -0.763. The number of piperidine rings is 1. The average Bonchev–Trinajstić information content (AvgIpc) is 2.69. The Morgan fingerprint density at radius 2 is 1.96 bits per heavy atom. The second-order valence-corrected chi connectivity index (χ2v) is 9.18. The van der Waals surface area contributed by atoms with Gasteiger partial charge in [0.15, 0.2) is 0 Å². The minimum absolute atomic E-state index is 0.0463. The van der Waals surface area contributed by atoms with Gasteiger partial charge in [0, 0.05) is 25.6 Å². The fourth-order valence-corrected chi connectivity index (χ4v) is 5.06. The van der Waals surface area contributed by atoms with Crippen LogP contribution < -0.4 is 5.32 Å². The highest BCUT2D eigenvalue weighted by Gasteiger charge is 2.31. The lowest BCUT2D eigenvalue weighted by atomic mass is 10.1. The van der Waals surface area contributed by atoms with E-state index >= 15 is 0 Å².